The summed E-state index contributed by atoms with van der Waals surface area (Å²) in [5, 5.41) is 4.24. The van der Waals surface area contributed by atoms with Crippen LogP contribution >= 0.6 is 11.6 Å². The van der Waals surface area contributed by atoms with Gasteiger partial charge in [-0.05, 0) is 31.5 Å². The van der Waals surface area contributed by atoms with Gasteiger partial charge in [0.05, 0.1) is 10.7 Å². The molecule has 1 fully saturated rings. The molecule has 0 radical (unpaired) electrons. The second-order valence-corrected chi connectivity index (χ2v) is 7.12. The van der Waals surface area contributed by atoms with E-state index in [2.05, 4.69) is 48.0 Å². The summed E-state index contributed by atoms with van der Waals surface area (Å²) >= 11 is 6.30. The normalized spacial score (nSPS) is 18.8. The summed E-state index contributed by atoms with van der Waals surface area (Å²) in [7, 11) is 2.04. The Morgan fingerprint density at radius 2 is 1.81 bits per heavy atom. The predicted molar refractivity (Wildman–Crippen MR) is 92.4 cm³/mol. The van der Waals surface area contributed by atoms with E-state index in [0.29, 0.717) is 6.04 Å². The lowest BCUT2D eigenvalue weighted by atomic mass is 9.84. The minimum Gasteiger partial charge on any atom is -0.368 e. The van der Waals surface area contributed by atoms with Crippen molar-refractivity contribution < 1.29 is 0 Å². The van der Waals surface area contributed by atoms with Crippen LogP contribution in [0.4, 0.5) is 5.69 Å². The van der Waals surface area contributed by atoms with Gasteiger partial charge < -0.3 is 10.2 Å². The van der Waals surface area contributed by atoms with Crippen molar-refractivity contribution in [1.82, 2.24) is 10.2 Å². The molecular formula is C17H28ClN3. The Labute approximate surface area is 134 Å². The van der Waals surface area contributed by atoms with Gasteiger partial charge in [0.25, 0.3) is 0 Å². The number of halogens is 1. The Bertz CT molecular complexity index is 453. The van der Waals surface area contributed by atoms with Gasteiger partial charge in [0.1, 0.15) is 0 Å². The Hall–Kier alpha value is -0.770. The first-order valence-corrected chi connectivity index (χ1v) is 8.21. The average Bonchev–Trinajstić information content (AvgIpc) is 2.47. The van der Waals surface area contributed by atoms with E-state index < -0.39 is 0 Å². The molecule has 1 aromatic rings. The lowest BCUT2D eigenvalue weighted by molar-refractivity contribution is 0.140. The van der Waals surface area contributed by atoms with Crippen molar-refractivity contribution in [1.29, 1.82) is 0 Å². The number of para-hydroxylation sites is 1. The van der Waals surface area contributed by atoms with Crippen molar-refractivity contribution in [3.05, 3.63) is 29.3 Å². The number of piperazine rings is 1. The summed E-state index contributed by atoms with van der Waals surface area (Å²) in [5.74, 6) is 0. The molecule has 0 aromatic heterocycles. The molecule has 21 heavy (non-hydrogen) atoms. The Balaban J connectivity index is 1.91. The maximum atomic E-state index is 6.30. The molecule has 1 N–H and O–H groups in total. The fraction of sp³-hybridized carbons (Fsp3) is 0.647. The van der Waals surface area contributed by atoms with Gasteiger partial charge >= 0.3 is 0 Å². The molecule has 1 heterocycles. The lowest BCUT2D eigenvalue weighted by Gasteiger charge is -2.42. The minimum absolute atomic E-state index is 0.279. The second-order valence-electron chi connectivity index (χ2n) is 6.71. The minimum atomic E-state index is 0.279. The third-order valence-corrected chi connectivity index (χ3v) is 5.12. The Morgan fingerprint density at radius 3 is 2.38 bits per heavy atom. The van der Waals surface area contributed by atoms with Gasteiger partial charge in [-0.15, -0.1) is 0 Å². The van der Waals surface area contributed by atoms with E-state index in [0.717, 1.165) is 37.7 Å². The maximum absolute atomic E-state index is 6.30. The van der Waals surface area contributed by atoms with Crippen LogP contribution in [-0.2, 0) is 0 Å². The molecule has 1 atom stereocenters. The van der Waals surface area contributed by atoms with E-state index in [1.807, 2.05) is 19.2 Å². The topological polar surface area (TPSA) is 18.5 Å². The highest BCUT2D eigenvalue weighted by molar-refractivity contribution is 6.33. The van der Waals surface area contributed by atoms with Crippen LogP contribution in [0.15, 0.2) is 24.3 Å². The Morgan fingerprint density at radius 1 is 1.19 bits per heavy atom. The number of benzene rings is 1. The highest BCUT2D eigenvalue weighted by atomic mass is 35.5. The van der Waals surface area contributed by atoms with E-state index in [4.69, 9.17) is 11.6 Å². The monoisotopic (exact) mass is 309 g/mol. The summed E-state index contributed by atoms with van der Waals surface area (Å²) in [6.07, 6.45) is 0. The molecule has 0 bridgehead atoms. The highest BCUT2D eigenvalue weighted by Gasteiger charge is 2.29. The summed E-state index contributed by atoms with van der Waals surface area (Å²) in [5.41, 5.74) is 1.45. The fourth-order valence-corrected chi connectivity index (χ4v) is 3.21. The molecule has 0 spiro atoms. The zero-order chi connectivity index (χ0) is 15.5. The van der Waals surface area contributed by atoms with Gasteiger partial charge in [-0.2, -0.15) is 0 Å². The molecule has 1 saturated heterocycles. The van der Waals surface area contributed by atoms with E-state index >= 15 is 0 Å². The molecule has 0 saturated carbocycles. The standard InChI is InChI=1S/C17H28ClN3/c1-14(19-4)17(2,3)13-20-9-11-21(12-10-20)16-8-6-5-7-15(16)18/h5-8,14,19H,9-13H2,1-4H3. The van der Waals surface area contributed by atoms with Crippen LogP contribution in [-0.4, -0.2) is 50.7 Å². The van der Waals surface area contributed by atoms with Crippen molar-refractivity contribution >= 4 is 17.3 Å². The van der Waals surface area contributed by atoms with E-state index in [-0.39, 0.29) is 5.41 Å². The number of nitrogens with one attached hydrogen (secondary N) is 1. The number of rotatable bonds is 5. The molecule has 1 aromatic carbocycles. The van der Waals surface area contributed by atoms with E-state index in [1.165, 1.54) is 5.69 Å². The van der Waals surface area contributed by atoms with Gasteiger partial charge in [-0.3, -0.25) is 4.90 Å². The van der Waals surface area contributed by atoms with Crippen LogP contribution in [0.25, 0.3) is 0 Å². The Kier molecular flexibility index (Phi) is 5.53. The van der Waals surface area contributed by atoms with Crippen LogP contribution in [0.1, 0.15) is 20.8 Å². The summed E-state index contributed by atoms with van der Waals surface area (Å²) in [4.78, 5) is 4.97. The van der Waals surface area contributed by atoms with Crippen LogP contribution in [0.2, 0.25) is 5.02 Å². The van der Waals surface area contributed by atoms with Gasteiger partial charge in [0.2, 0.25) is 0 Å². The first-order valence-electron chi connectivity index (χ1n) is 7.83. The molecule has 0 aliphatic carbocycles. The van der Waals surface area contributed by atoms with E-state index in [1.54, 1.807) is 0 Å². The molecule has 118 valence electrons. The summed E-state index contributed by atoms with van der Waals surface area (Å²) in [6, 6.07) is 8.65. The third kappa shape index (κ3) is 4.12. The molecule has 3 nitrogen and oxygen atoms in total. The van der Waals surface area contributed by atoms with Gasteiger partial charge in [-0.25, -0.2) is 0 Å². The second kappa shape index (κ2) is 6.99. The van der Waals surface area contributed by atoms with Gasteiger partial charge in [0, 0.05) is 38.8 Å². The fourth-order valence-electron chi connectivity index (χ4n) is 2.96. The van der Waals surface area contributed by atoms with Gasteiger partial charge in [0.15, 0.2) is 0 Å². The highest BCUT2D eigenvalue weighted by Crippen LogP contribution is 2.27. The smallest absolute Gasteiger partial charge is 0.0639 e. The predicted octanol–water partition coefficient (Wildman–Crippen LogP) is 3.10. The van der Waals surface area contributed by atoms with Crippen molar-refractivity contribution in [2.24, 2.45) is 5.41 Å². The summed E-state index contributed by atoms with van der Waals surface area (Å²) < 4.78 is 0. The molecular weight excluding hydrogens is 282 g/mol. The quantitative estimate of drug-likeness (QED) is 0.901. The number of hydrogen-bond donors (Lipinski definition) is 1. The third-order valence-electron chi connectivity index (χ3n) is 4.80. The molecule has 2 rings (SSSR count). The van der Waals surface area contributed by atoms with Crippen LogP contribution < -0.4 is 10.2 Å². The SMILES string of the molecule is CNC(C)C(C)(C)CN1CCN(c2ccccc2Cl)CC1. The van der Waals surface area contributed by atoms with Crippen LogP contribution in [0, 0.1) is 5.41 Å². The molecule has 4 heteroatoms. The van der Waals surface area contributed by atoms with Crippen LogP contribution in [0.3, 0.4) is 0 Å². The number of nitrogens with zero attached hydrogens (tertiary/aromatic N) is 2. The average molecular weight is 310 g/mol. The summed E-state index contributed by atoms with van der Waals surface area (Å²) in [6.45, 7) is 12.4. The molecule has 1 aliphatic heterocycles. The molecule has 1 unspecified atom stereocenters. The largest absolute Gasteiger partial charge is 0.368 e. The van der Waals surface area contributed by atoms with Crippen molar-refractivity contribution in [2.75, 3.05) is 44.7 Å². The van der Waals surface area contributed by atoms with Crippen LogP contribution in [0.5, 0.6) is 0 Å². The van der Waals surface area contributed by atoms with Crippen molar-refractivity contribution in [3.63, 3.8) is 0 Å². The maximum Gasteiger partial charge on any atom is 0.0639 e. The lowest BCUT2D eigenvalue weighted by Crippen LogP contribution is -2.52. The van der Waals surface area contributed by atoms with Crippen molar-refractivity contribution in [2.45, 2.75) is 26.8 Å². The molecule has 1 aliphatic rings. The van der Waals surface area contributed by atoms with Gasteiger partial charge in [-0.1, -0.05) is 37.6 Å². The molecule has 0 amide bonds. The first kappa shape index (κ1) is 16.6. The first-order chi connectivity index (χ1) is 9.94. The van der Waals surface area contributed by atoms with E-state index in [9.17, 15) is 0 Å². The number of anilines is 1. The zero-order valence-electron chi connectivity index (χ0n) is 13.7. The zero-order valence-corrected chi connectivity index (χ0v) is 14.5. The van der Waals surface area contributed by atoms with Crippen molar-refractivity contribution in [3.8, 4) is 0 Å². The number of hydrogen-bond acceptors (Lipinski definition) is 3.